The Hall–Kier alpha value is -7.11. The third-order valence-corrected chi connectivity index (χ3v) is 13.8. The topological polar surface area (TPSA) is 175 Å². The molecule has 4 heterocycles. The number of piperazine rings is 1. The summed E-state index contributed by atoms with van der Waals surface area (Å²) in [4.78, 5) is 73.3. The van der Waals surface area contributed by atoms with Gasteiger partial charge in [0.1, 0.15) is 40.7 Å². The van der Waals surface area contributed by atoms with Crippen molar-refractivity contribution < 1.29 is 37.8 Å². The highest BCUT2D eigenvalue weighted by Gasteiger charge is 2.32. The van der Waals surface area contributed by atoms with E-state index in [2.05, 4.69) is 20.1 Å². The molecule has 2 N–H and O–H groups in total. The number of hydrogen-bond donors (Lipinski definition) is 2. The number of fused-ring (bicyclic) bond motifs is 3. The number of para-hydroxylation sites is 1. The van der Waals surface area contributed by atoms with Crippen molar-refractivity contribution in [1.82, 2.24) is 44.3 Å². The summed E-state index contributed by atoms with van der Waals surface area (Å²) in [5.74, 6) is -0.379. The number of benzene rings is 4. The molecule has 8 rings (SSSR count). The van der Waals surface area contributed by atoms with Crippen molar-refractivity contribution in [3.8, 4) is 16.9 Å². The van der Waals surface area contributed by atoms with Crippen LogP contribution in [0.3, 0.4) is 0 Å². The molecule has 0 spiro atoms. The van der Waals surface area contributed by atoms with Crippen LogP contribution < -0.4 is 15.4 Å². The van der Waals surface area contributed by atoms with E-state index in [1.165, 1.54) is 12.1 Å². The number of nitrogens with one attached hydrogen (secondary N) is 2. The predicted octanol–water partition coefficient (Wildman–Crippen LogP) is 8.24. The van der Waals surface area contributed by atoms with Crippen LogP contribution in [0.2, 0.25) is 5.02 Å². The summed E-state index contributed by atoms with van der Waals surface area (Å²) in [6.45, 7) is 16.6. The molecule has 3 aromatic heterocycles. The van der Waals surface area contributed by atoms with E-state index in [9.17, 15) is 28.4 Å². The van der Waals surface area contributed by atoms with Gasteiger partial charge in [0.05, 0.1) is 33.9 Å². The summed E-state index contributed by atoms with van der Waals surface area (Å²) in [5.41, 5.74) is 6.18. The quantitative estimate of drug-likeness (QED) is 0.0484. The van der Waals surface area contributed by atoms with E-state index < -0.39 is 17.5 Å². The molecule has 0 saturated carbocycles. The van der Waals surface area contributed by atoms with Gasteiger partial charge >= 0.3 is 5.97 Å². The molecule has 1 atom stereocenters. The zero-order valence-corrected chi connectivity index (χ0v) is 43.5. The Bertz CT molecular complexity index is 3250. The molecule has 4 aromatic carbocycles. The van der Waals surface area contributed by atoms with Crippen molar-refractivity contribution >= 4 is 74.4 Å². The second-order valence-corrected chi connectivity index (χ2v) is 20.2. The zero-order chi connectivity index (χ0) is 52.3. The second-order valence-electron chi connectivity index (χ2n) is 19.8. The van der Waals surface area contributed by atoms with Crippen LogP contribution in [0.15, 0.2) is 66.7 Å². The van der Waals surface area contributed by atoms with Crippen LogP contribution in [0, 0.1) is 26.6 Å². The van der Waals surface area contributed by atoms with Crippen molar-refractivity contribution in [3.05, 3.63) is 112 Å². The van der Waals surface area contributed by atoms with Gasteiger partial charge in [0.15, 0.2) is 0 Å². The third-order valence-electron chi connectivity index (χ3n) is 13.5. The average Bonchev–Trinajstić information content (AvgIpc) is 3.93. The van der Waals surface area contributed by atoms with Gasteiger partial charge in [-0.25, -0.2) is 14.2 Å². The first-order valence-electron chi connectivity index (χ1n) is 24.7. The van der Waals surface area contributed by atoms with Crippen LogP contribution in [0.1, 0.15) is 90.6 Å². The number of halogens is 2. The normalized spacial score (nSPS) is 13.7. The Labute approximate surface area is 428 Å². The molecule has 384 valence electrons. The molecule has 0 aliphatic carbocycles. The van der Waals surface area contributed by atoms with Crippen LogP contribution in [0.5, 0.6) is 5.75 Å². The van der Waals surface area contributed by atoms with E-state index in [1.807, 2.05) is 99.1 Å². The molecule has 1 saturated heterocycles. The van der Waals surface area contributed by atoms with Crippen LogP contribution in [-0.2, 0) is 45.7 Å². The molecule has 18 heteroatoms. The van der Waals surface area contributed by atoms with Crippen molar-refractivity contribution in [2.24, 2.45) is 7.05 Å². The minimum absolute atomic E-state index is 0.0384. The first-order valence-corrected chi connectivity index (χ1v) is 25.1. The Morgan fingerprint density at radius 3 is 2.37 bits per heavy atom. The van der Waals surface area contributed by atoms with Crippen LogP contribution in [-0.4, -0.2) is 115 Å². The molecule has 1 unspecified atom stereocenters. The molecule has 0 bridgehead atoms. The Morgan fingerprint density at radius 2 is 1.66 bits per heavy atom. The van der Waals surface area contributed by atoms with Gasteiger partial charge in [0.25, 0.3) is 5.91 Å². The molecule has 1 aliphatic heterocycles. The number of nitrogens with zero attached hydrogens (tertiary/aromatic N) is 7. The number of aromatic nitrogens is 5. The van der Waals surface area contributed by atoms with E-state index in [0.29, 0.717) is 110 Å². The van der Waals surface area contributed by atoms with Crippen LogP contribution >= 0.6 is 11.6 Å². The summed E-state index contributed by atoms with van der Waals surface area (Å²) >= 11 is 7.22. The lowest BCUT2D eigenvalue weighted by atomic mass is 9.98. The maximum atomic E-state index is 14.7. The summed E-state index contributed by atoms with van der Waals surface area (Å²) in [5, 5.41) is 12.7. The fraction of sp³-hybridized carbons (Fsp3) is 0.400. The van der Waals surface area contributed by atoms with E-state index in [1.54, 1.807) is 25.1 Å². The van der Waals surface area contributed by atoms with Gasteiger partial charge in [-0.15, -0.1) is 0 Å². The van der Waals surface area contributed by atoms with E-state index in [0.717, 1.165) is 49.8 Å². The first kappa shape index (κ1) is 52.2. The number of hydrogen-bond acceptors (Lipinski definition) is 10. The van der Waals surface area contributed by atoms with E-state index in [4.69, 9.17) is 31.2 Å². The standard InChI is InChI=1S/C55H63ClFN9O7/c1-33(17-22-46(68)58-32-67)59-53(70)42-13-10-15-44-50(42)60-36(4)66(44)31-47(69)64-26-23-63(24-27-64)25-28-65-51-41(20-21-43(56)49(51)48-34(2)61-62(8)35(48)3)40(52(65)54(71)73-55(5,6)7)14-11-29-72-45-16-9-12-37-30-38(57)18-19-39(37)45/h9-10,12-13,15-16,18-21,30,32-33H,11,14,17,22-29,31H2,1-8H3,(H,59,70)(H,58,67,68). The number of carbonyl (C=O) groups excluding carboxylic acids is 5. The number of esters is 1. The number of aryl methyl sites for hydroxylation is 4. The molecule has 0 radical (unpaired) electrons. The highest BCUT2D eigenvalue weighted by Crippen LogP contribution is 2.42. The summed E-state index contributed by atoms with van der Waals surface area (Å²) in [7, 11) is 1.90. The van der Waals surface area contributed by atoms with E-state index >= 15 is 0 Å². The van der Waals surface area contributed by atoms with Gasteiger partial charge in [0, 0.05) is 86.4 Å². The van der Waals surface area contributed by atoms with Gasteiger partial charge in [-0.3, -0.25) is 34.1 Å². The average molecular weight is 1020 g/mol. The van der Waals surface area contributed by atoms with Gasteiger partial charge in [-0.2, -0.15) is 5.10 Å². The molecule has 16 nitrogen and oxygen atoms in total. The molecule has 73 heavy (non-hydrogen) atoms. The number of imide groups is 1. The lowest BCUT2D eigenvalue weighted by molar-refractivity contribution is -0.133. The van der Waals surface area contributed by atoms with Crippen LogP contribution in [0.25, 0.3) is 43.8 Å². The SMILES string of the molecule is Cc1nn(C)c(C)c1-c1c(Cl)ccc2c(CCCOc3cccc4cc(F)ccc34)c(C(=O)OC(C)(C)C)n(CCN3CCN(C(=O)Cn4c(C)nc5c(C(=O)NC(C)CCC(=O)NC=O)cccc54)CC3)c12. The Morgan fingerprint density at radius 1 is 0.918 bits per heavy atom. The minimum Gasteiger partial charge on any atom is -0.493 e. The zero-order valence-electron chi connectivity index (χ0n) is 42.7. The maximum absolute atomic E-state index is 14.7. The van der Waals surface area contributed by atoms with Gasteiger partial charge < -0.3 is 28.8 Å². The lowest BCUT2D eigenvalue weighted by Crippen LogP contribution is -2.50. The summed E-state index contributed by atoms with van der Waals surface area (Å²) in [6.07, 6.45) is 1.79. The molecular weight excluding hydrogens is 953 g/mol. The minimum atomic E-state index is -0.787. The largest absolute Gasteiger partial charge is 0.493 e. The molecule has 4 amide bonds. The highest BCUT2D eigenvalue weighted by molar-refractivity contribution is 6.35. The molecule has 1 aliphatic rings. The summed E-state index contributed by atoms with van der Waals surface area (Å²) < 4.78 is 32.3. The van der Waals surface area contributed by atoms with Crippen LogP contribution in [0.4, 0.5) is 4.39 Å². The lowest BCUT2D eigenvalue weighted by Gasteiger charge is -2.35. The second kappa shape index (κ2) is 21.9. The molecule has 7 aromatic rings. The van der Waals surface area contributed by atoms with Gasteiger partial charge in [0.2, 0.25) is 18.2 Å². The van der Waals surface area contributed by atoms with Gasteiger partial charge in [-0.05, 0) is 121 Å². The predicted molar refractivity (Wildman–Crippen MR) is 279 cm³/mol. The fourth-order valence-electron chi connectivity index (χ4n) is 9.89. The number of carbonyl (C=O) groups is 5. The number of rotatable bonds is 18. The Balaban J connectivity index is 1.02. The van der Waals surface area contributed by atoms with Crippen molar-refractivity contribution in [1.29, 1.82) is 0 Å². The number of ether oxygens (including phenoxy) is 2. The smallest absolute Gasteiger partial charge is 0.355 e. The van der Waals surface area contributed by atoms with E-state index in [-0.39, 0.29) is 36.6 Å². The first-order chi connectivity index (χ1) is 34.8. The molecular formula is C55H63ClFN9O7. The Kier molecular flexibility index (Phi) is 15.7. The fourth-order valence-corrected chi connectivity index (χ4v) is 10.1. The maximum Gasteiger partial charge on any atom is 0.355 e. The van der Waals surface area contributed by atoms with Crippen molar-refractivity contribution in [3.63, 3.8) is 0 Å². The van der Waals surface area contributed by atoms with Crippen molar-refractivity contribution in [2.45, 2.75) is 98.9 Å². The number of imidazole rings is 1. The molecule has 1 fully saturated rings. The number of amides is 4. The van der Waals surface area contributed by atoms with Gasteiger partial charge in [-0.1, -0.05) is 35.9 Å². The summed E-state index contributed by atoms with van der Waals surface area (Å²) in [6, 6.07) is 19.0. The monoisotopic (exact) mass is 1020 g/mol. The third kappa shape index (κ3) is 11.4. The van der Waals surface area contributed by atoms with Crippen molar-refractivity contribution in [2.75, 3.05) is 39.3 Å². The highest BCUT2D eigenvalue weighted by atomic mass is 35.5.